The number of anilines is 1. The number of amides is 1. The lowest BCUT2D eigenvalue weighted by atomic mass is 10.1. The minimum atomic E-state index is -3.73. The van der Waals surface area contributed by atoms with Gasteiger partial charge in [-0.1, -0.05) is 11.3 Å². The molecular weight excluding hydrogens is 290 g/mol. The molecule has 19 heavy (non-hydrogen) atoms. The minimum Gasteiger partial charge on any atom is -0.328 e. The van der Waals surface area contributed by atoms with Gasteiger partial charge in [0.1, 0.15) is 0 Å². The number of nitrogens with zero attached hydrogens (tertiary/aromatic N) is 2. The Balaban J connectivity index is 2.77. The zero-order chi connectivity index (χ0) is 14.6. The first-order chi connectivity index (χ1) is 8.70. The van der Waals surface area contributed by atoms with Crippen LogP contribution in [0.5, 0.6) is 0 Å². The third-order valence-electron chi connectivity index (χ3n) is 2.00. The van der Waals surface area contributed by atoms with E-state index in [1.54, 1.807) is 13.8 Å². The summed E-state index contributed by atoms with van der Waals surface area (Å²) < 4.78 is 26.2. The first kappa shape index (κ1) is 16.0. The molecule has 0 saturated heterocycles. The van der Waals surface area contributed by atoms with E-state index in [9.17, 15) is 13.2 Å². The molecular formula is C9H17N5O3S2. The zero-order valence-electron chi connectivity index (χ0n) is 10.9. The van der Waals surface area contributed by atoms with Crippen LogP contribution in [-0.4, -0.2) is 36.6 Å². The maximum absolute atomic E-state index is 12.0. The molecule has 0 fully saturated rings. The molecule has 1 aromatic rings. The molecule has 108 valence electrons. The number of hydrogen-bond donors (Lipinski definition) is 3. The number of carbonyl (C=O) groups is 1. The van der Waals surface area contributed by atoms with Crippen LogP contribution in [0.2, 0.25) is 0 Å². The normalized spacial score (nSPS) is 14.9. The summed E-state index contributed by atoms with van der Waals surface area (Å²) in [5.74, 6) is -0.335. The molecule has 1 aromatic heterocycles. The summed E-state index contributed by atoms with van der Waals surface area (Å²) in [6.07, 6.45) is 0.511. The van der Waals surface area contributed by atoms with Crippen LogP contribution in [0, 0.1) is 0 Å². The van der Waals surface area contributed by atoms with Crippen LogP contribution in [-0.2, 0) is 14.8 Å². The fraction of sp³-hybridized carbons (Fsp3) is 0.667. The van der Waals surface area contributed by atoms with Gasteiger partial charge in [0, 0.05) is 19.0 Å². The summed E-state index contributed by atoms with van der Waals surface area (Å²) in [7, 11) is -3.73. The van der Waals surface area contributed by atoms with Crippen molar-refractivity contribution in [1.29, 1.82) is 0 Å². The second-order valence-electron chi connectivity index (χ2n) is 4.29. The first-order valence-corrected chi connectivity index (χ1v) is 7.89. The third-order valence-corrected chi connectivity index (χ3v) is 4.80. The Morgan fingerprint density at radius 3 is 2.58 bits per heavy atom. The van der Waals surface area contributed by atoms with Crippen molar-refractivity contribution in [2.75, 3.05) is 5.32 Å². The minimum absolute atomic E-state index is 0.109. The number of nitrogens with two attached hydrogens (primary N) is 1. The van der Waals surface area contributed by atoms with Crippen LogP contribution < -0.4 is 15.8 Å². The van der Waals surface area contributed by atoms with Crippen LogP contribution in [0.3, 0.4) is 0 Å². The van der Waals surface area contributed by atoms with Crippen molar-refractivity contribution in [2.45, 2.75) is 43.6 Å². The van der Waals surface area contributed by atoms with Crippen molar-refractivity contribution in [3.8, 4) is 0 Å². The van der Waals surface area contributed by atoms with E-state index in [1.165, 1.54) is 6.92 Å². The highest BCUT2D eigenvalue weighted by Gasteiger charge is 2.23. The van der Waals surface area contributed by atoms with Gasteiger partial charge < -0.3 is 11.1 Å². The molecule has 1 heterocycles. The Kier molecular flexibility index (Phi) is 5.35. The molecule has 2 unspecified atom stereocenters. The van der Waals surface area contributed by atoms with E-state index < -0.39 is 10.0 Å². The highest BCUT2D eigenvalue weighted by Crippen LogP contribution is 2.20. The van der Waals surface area contributed by atoms with Crippen molar-refractivity contribution in [3.05, 3.63) is 0 Å². The van der Waals surface area contributed by atoms with Crippen LogP contribution in [0.15, 0.2) is 4.34 Å². The van der Waals surface area contributed by atoms with Crippen molar-refractivity contribution < 1.29 is 13.2 Å². The van der Waals surface area contributed by atoms with Crippen molar-refractivity contribution in [3.63, 3.8) is 0 Å². The van der Waals surface area contributed by atoms with Crippen molar-refractivity contribution >= 4 is 32.4 Å². The molecule has 8 nitrogen and oxygen atoms in total. The SMILES string of the molecule is CC(=O)Nc1nnc(S(=O)(=O)NC(C)CC(C)N)s1. The molecule has 2 atom stereocenters. The molecule has 0 aliphatic heterocycles. The summed E-state index contributed by atoms with van der Waals surface area (Å²) in [4.78, 5) is 10.8. The van der Waals surface area contributed by atoms with E-state index in [0.29, 0.717) is 6.42 Å². The highest BCUT2D eigenvalue weighted by atomic mass is 32.2. The quantitative estimate of drug-likeness (QED) is 0.630. The predicted molar refractivity (Wildman–Crippen MR) is 72.3 cm³/mol. The molecule has 0 aliphatic carbocycles. The zero-order valence-corrected chi connectivity index (χ0v) is 12.5. The molecule has 4 N–H and O–H groups in total. The smallest absolute Gasteiger partial charge is 0.270 e. The molecule has 0 bridgehead atoms. The molecule has 0 radical (unpaired) electrons. The maximum atomic E-state index is 12.0. The molecule has 0 aromatic carbocycles. The van der Waals surface area contributed by atoms with Crippen LogP contribution in [0.4, 0.5) is 5.13 Å². The lowest BCUT2D eigenvalue weighted by molar-refractivity contribution is -0.114. The third kappa shape index (κ3) is 5.19. The van der Waals surface area contributed by atoms with E-state index in [4.69, 9.17) is 5.73 Å². The Morgan fingerprint density at radius 2 is 2.05 bits per heavy atom. The summed E-state index contributed by atoms with van der Waals surface area (Å²) in [6.45, 7) is 4.82. The Labute approximate surface area is 115 Å². The Morgan fingerprint density at radius 1 is 1.42 bits per heavy atom. The second kappa shape index (κ2) is 6.37. The van der Waals surface area contributed by atoms with Crippen LogP contribution in [0.25, 0.3) is 0 Å². The van der Waals surface area contributed by atoms with E-state index >= 15 is 0 Å². The molecule has 1 amide bonds. The summed E-state index contributed by atoms with van der Waals surface area (Å²) in [5, 5.41) is 9.65. The molecule has 0 spiro atoms. The van der Waals surface area contributed by atoms with E-state index in [0.717, 1.165) is 11.3 Å². The number of sulfonamides is 1. The topological polar surface area (TPSA) is 127 Å². The van der Waals surface area contributed by atoms with Gasteiger partial charge in [-0.05, 0) is 20.3 Å². The van der Waals surface area contributed by atoms with Gasteiger partial charge in [-0.2, -0.15) is 0 Å². The largest absolute Gasteiger partial charge is 0.328 e. The lowest BCUT2D eigenvalue weighted by Gasteiger charge is -2.14. The van der Waals surface area contributed by atoms with E-state index in [2.05, 4.69) is 20.2 Å². The summed E-state index contributed by atoms with van der Waals surface area (Å²) in [6, 6.07) is -0.417. The Hall–Kier alpha value is -1.10. The number of aromatic nitrogens is 2. The number of rotatable bonds is 6. The predicted octanol–water partition coefficient (Wildman–Crippen LogP) is -0.0994. The summed E-state index contributed by atoms with van der Waals surface area (Å²) in [5.41, 5.74) is 5.60. The summed E-state index contributed by atoms with van der Waals surface area (Å²) >= 11 is 0.793. The van der Waals surface area contributed by atoms with Gasteiger partial charge in [0.25, 0.3) is 10.0 Å². The van der Waals surface area contributed by atoms with E-state index in [-0.39, 0.29) is 27.5 Å². The standard InChI is InChI=1S/C9H17N5O3S2/c1-5(10)4-6(2)14-19(16,17)9-13-12-8(18-9)11-7(3)15/h5-6,14H,4,10H2,1-3H3,(H,11,12,15). The van der Waals surface area contributed by atoms with E-state index in [1.807, 2.05) is 0 Å². The second-order valence-corrected chi connectivity index (χ2v) is 7.15. The van der Waals surface area contributed by atoms with Gasteiger partial charge in [0.2, 0.25) is 15.4 Å². The van der Waals surface area contributed by atoms with Gasteiger partial charge in [-0.15, -0.1) is 10.2 Å². The average Bonchev–Trinajstić information content (AvgIpc) is 2.62. The molecule has 1 rings (SSSR count). The Bertz CT molecular complexity index is 540. The highest BCUT2D eigenvalue weighted by molar-refractivity contribution is 7.91. The fourth-order valence-electron chi connectivity index (χ4n) is 1.44. The molecule has 10 heteroatoms. The molecule has 0 aliphatic rings. The number of hydrogen-bond acceptors (Lipinski definition) is 7. The van der Waals surface area contributed by atoms with Gasteiger partial charge in [0.05, 0.1) is 0 Å². The van der Waals surface area contributed by atoms with Gasteiger partial charge in [0.15, 0.2) is 0 Å². The molecule has 0 saturated carbocycles. The van der Waals surface area contributed by atoms with Gasteiger partial charge in [-0.3, -0.25) is 4.79 Å². The lowest BCUT2D eigenvalue weighted by Crippen LogP contribution is -2.36. The average molecular weight is 307 g/mol. The van der Waals surface area contributed by atoms with Crippen LogP contribution in [0.1, 0.15) is 27.2 Å². The fourth-order valence-corrected chi connectivity index (χ4v) is 3.66. The van der Waals surface area contributed by atoms with Crippen molar-refractivity contribution in [1.82, 2.24) is 14.9 Å². The van der Waals surface area contributed by atoms with Gasteiger partial charge in [-0.25, -0.2) is 13.1 Å². The number of carbonyl (C=O) groups excluding carboxylic acids is 1. The van der Waals surface area contributed by atoms with Gasteiger partial charge >= 0.3 is 0 Å². The maximum Gasteiger partial charge on any atom is 0.270 e. The number of nitrogens with one attached hydrogen (secondary N) is 2. The van der Waals surface area contributed by atoms with Crippen molar-refractivity contribution in [2.24, 2.45) is 5.73 Å². The monoisotopic (exact) mass is 307 g/mol. The van der Waals surface area contributed by atoms with Crippen LogP contribution >= 0.6 is 11.3 Å². The first-order valence-electron chi connectivity index (χ1n) is 5.59.